The van der Waals surface area contributed by atoms with Gasteiger partial charge >= 0.3 is 12.1 Å². The van der Waals surface area contributed by atoms with Crippen LogP contribution in [-0.4, -0.2) is 58.0 Å². The van der Waals surface area contributed by atoms with Crippen LogP contribution in [0.4, 0.5) is 13.2 Å². The summed E-state index contributed by atoms with van der Waals surface area (Å²) in [5, 5.41) is 10.2. The van der Waals surface area contributed by atoms with Gasteiger partial charge in [-0.3, -0.25) is 19.8 Å². The van der Waals surface area contributed by atoms with E-state index in [1.54, 1.807) is 0 Å². The predicted molar refractivity (Wildman–Crippen MR) is 133 cm³/mol. The van der Waals surface area contributed by atoms with Crippen molar-refractivity contribution in [2.24, 2.45) is 5.92 Å². The number of carbonyl (C=O) groups is 3. The number of aryl methyl sites for hydroxylation is 1. The van der Waals surface area contributed by atoms with Crippen molar-refractivity contribution in [2.75, 3.05) is 6.61 Å². The molecule has 2 amide bonds. The Balaban J connectivity index is 1.54. The van der Waals surface area contributed by atoms with E-state index in [0.717, 1.165) is 22.2 Å². The maximum atomic E-state index is 13.3. The molecule has 1 aliphatic rings. The number of nitrogens with zero attached hydrogens (tertiary/aromatic N) is 2. The van der Waals surface area contributed by atoms with Crippen LogP contribution in [0.5, 0.6) is 5.75 Å². The zero-order valence-corrected chi connectivity index (χ0v) is 21.5. The maximum Gasteiger partial charge on any atom is 0.493 e. The first-order valence-electron chi connectivity index (χ1n) is 12.3. The molecule has 0 bridgehead atoms. The van der Waals surface area contributed by atoms with Gasteiger partial charge in [-0.2, -0.15) is 18.2 Å². The number of pyridine rings is 1. The van der Waals surface area contributed by atoms with E-state index in [2.05, 4.69) is 9.82 Å². The van der Waals surface area contributed by atoms with Gasteiger partial charge in [-0.05, 0) is 49.7 Å². The van der Waals surface area contributed by atoms with Crippen molar-refractivity contribution in [2.45, 2.75) is 45.2 Å². The monoisotopic (exact) mass is 561 g/mol. The highest BCUT2D eigenvalue weighted by atomic mass is 19.4. The molecule has 40 heavy (non-hydrogen) atoms. The lowest BCUT2D eigenvalue weighted by Gasteiger charge is -2.32. The topological polar surface area (TPSA) is 127 Å². The van der Waals surface area contributed by atoms with E-state index in [1.165, 1.54) is 36.7 Å². The first kappa shape index (κ1) is 28.8. The Morgan fingerprint density at radius 3 is 2.55 bits per heavy atom. The molecule has 2 N–H and O–H groups in total. The summed E-state index contributed by atoms with van der Waals surface area (Å²) in [5.41, 5.74) is 3.86. The second-order valence-electron chi connectivity index (χ2n) is 9.22. The van der Waals surface area contributed by atoms with Crippen molar-refractivity contribution in [3.05, 3.63) is 71.4 Å². The molecular formula is C27H26F3N3O7. The number of rotatable bonds is 7. The number of para-hydroxylation sites is 1. The average molecular weight is 562 g/mol. The van der Waals surface area contributed by atoms with Crippen LogP contribution in [0.15, 0.2) is 54.6 Å². The number of fused-ring (bicyclic) bond motifs is 1. The van der Waals surface area contributed by atoms with Crippen molar-refractivity contribution in [3.8, 4) is 5.75 Å². The van der Waals surface area contributed by atoms with Gasteiger partial charge in [0.15, 0.2) is 0 Å². The van der Waals surface area contributed by atoms with Crippen LogP contribution in [0, 0.1) is 12.8 Å². The molecule has 4 rings (SSSR count). The molecule has 3 atom stereocenters. The number of hydroxylamine groups is 3. The Morgan fingerprint density at radius 2 is 1.88 bits per heavy atom. The number of hydrogen-bond donors (Lipinski definition) is 2. The van der Waals surface area contributed by atoms with Crippen molar-refractivity contribution in [3.63, 3.8) is 0 Å². The van der Waals surface area contributed by atoms with Crippen LogP contribution in [0.2, 0.25) is 0 Å². The molecule has 2 aromatic carbocycles. The summed E-state index contributed by atoms with van der Waals surface area (Å²) in [6, 6.07) is 13.8. The molecule has 1 aliphatic heterocycles. The van der Waals surface area contributed by atoms with Gasteiger partial charge in [-0.25, -0.2) is 10.3 Å². The minimum atomic E-state index is -5.38. The molecule has 1 saturated heterocycles. The quantitative estimate of drug-likeness (QED) is 0.329. The number of ether oxygens (including phenoxy) is 2. The van der Waals surface area contributed by atoms with E-state index in [0.29, 0.717) is 5.75 Å². The minimum absolute atomic E-state index is 0.0227. The van der Waals surface area contributed by atoms with Crippen LogP contribution in [0.25, 0.3) is 10.9 Å². The normalized spacial score (nSPS) is 17.8. The van der Waals surface area contributed by atoms with Gasteiger partial charge in [0.05, 0.1) is 23.6 Å². The molecule has 212 valence electrons. The zero-order valence-electron chi connectivity index (χ0n) is 21.5. The highest BCUT2D eigenvalue weighted by Crippen LogP contribution is 2.30. The fourth-order valence-electron chi connectivity index (χ4n) is 4.48. The summed E-state index contributed by atoms with van der Waals surface area (Å²) < 4.78 is 50.4. The third-order valence-electron chi connectivity index (χ3n) is 6.46. The van der Waals surface area contributed by atoms with E-state index in [4.69, 9.17) is 14.7 Å². The standard InChI is InChI=1S/C27H26F3N3O7/c1-15-13-18(20-5-3-4-6-21(20)31-15)14-39-19-9-7-17(8-10-19)25(35)33(40-26(36)27(28,29)30)22-11-12-38-23(22)16(2)24(34)32-37/h3-10,13,16,22-23,37H,11-12,14H2,1-2H3,(H,32,34). The maximum absolute atomic E-state index is 13.3. The number of nitrogens with one attached hydrogen (secondary N) is 1. The number of amides is 2. The molecule has 13 heteroatoms. The minimum Gasteiger partial charge on any atom is -0.489 e. The number of alkyl halides is 3. The van der Waals surface area contributed by atoms with Crippen LogP contribution < -0.4 is 10.2 Å². The van der Waals surface area contributed by atoms with Crippen LogP contribution in [-0.2, 0) is 25.8 Å². The summed E-state index contributed by atoms with van der Waals surface area (Å²) in [4.78, 5) is 45.9. The van der Waals surface area contributed by atoms with Crippen molar-refractivity contribution < 1.29 is 47.1 Å². The summed E-state index contributed by atoms with van der Waals surface area (Å²) in [6.45, 7) is 3.38. The van der Waals surface area contributed by atoms with Gasteiger partial charge in [0.2, 0.25) is 5.91 Å². The third kappa shape index (κ3) is 6.32. The van der Waals surface area contributed by atoms with Gasteiger partial charge in [0.25, 0.3) is 5.91 Å². The van der Waals surface area contributed by atoms with E-state index in [1.807, 2.05) is 37.3 Å². The Bertz CT molecular complexity index is 1400. The number of halogens is 3. The van der Waals surface area contributed by atoms with Crippen molar-refractivity contribution >= 4 is 28.7 Å². The highest BCUT2D eigenvalue weighted by Gasteiger charge is 2.48. The zero-order chi connectivity index (χ0) is 29.0. The molecule has 10 nitrogen and oxygen atoms in total. The summed E-state index contributed by atoms with van der Waals surface area (Å²) in [7, 11) is 0. The molecule has 1 fully saturated rings. The van der Waals surface area contributed by atoms with Gasteiger partial charge in [-0.1, -0.05) is 25.1 Å². The van der Waals surface area contributed by atoms with Gasteiger partial charge in [-0.15, -0.1) is 0 Å². The molecule has 0 aliphatic carbocycles. The number of benzene rings is 2. The van der Waals surface area contributed by atoms with Crippen molar-refractivity contribution in [1.82, 2.24) is 15.5 Å². The van der Waals surface area contributed by atoms with Gasteiger partial charge < -0.3 is 14.3 Å². The molecule has 0 spiro atoms. The summed E-state index contributed by atoms with van der Waals surface area (Å²) >= 11 is 0. The van der Waals surface area contributed by atoms with Crippen molar-refractivity contribution in [1.29, 1.82) is 0 Å². The third-order valence-corrected chi connectivity index (χ3v) is 6.46. The van der Waals surface area contributed by atoms with Crippen LogP contribution in [0.1, 0.15) is 35.0 Å². The second kappa shape index (κ2) is 11.9. The van der Waals surface area contributed by atoms with E-state index >= 15 is 0 Å². The largest absolute Gasteiger partial charge is 0.493 e. The number of carbonyl (C=O) groups excluding carboxylic acids is 3. The number of aromatic nitrogens is 1. The van der Waals surface area contributed by atoms with Crippen LogP contribution in [0.3, 0.4) is 0 Å². The van der Waals surface area contributed by atoms with E-state index < -0.39 is 42.0 Å². The Hall–Kier alpha value is -4.23. The molecule has 1 aromatic heterocycles. The first-order valence-corrected chi connectivity index (χ1v) is 12.3. The lowest BCUT2D eigenvalue weighted by atomic mass is 9.96. The van der Waals surface area contributed by atoms with Gasteiger partial charge in [0.1, 0.15) is 12.4 Å². The SMILES string of the molecule is Cc1cc(COc2ccc(C(=O)N(OC(=O)C(F)(F)F)C3CCOC3C(C)C(=O)NO)cc2)c2ccccc2n1. The first-order chi connectivity index (χ1) is 19.0. The fourth-order valence-corrected chi connectivity index (χ4v) is 4.48. The molecule has 3 unspecified atom stereocenters. The lowest BCUT2D eigenvalue weighted by Crippen LogP contribution is -2.51. The Morgan fingerprint density at radius 1 is 1.18 bits per heavy atom. The second-order valence-corrected chi connectivity index (χ2v) is 9.22. The Labute approximate surface area is 226 Å². The highest BCUT2D eigenvalue weighted by molar-refractivity contribution is 5.95. The summed E-state index contributed by atoms with van der Waals surface area (Å²) in [5.74, 6) is -5.25. The average Bonchev–Trinajstić information content (AvgIpc) is 3.42. The van der Waals surface area contributed by atoms with Crippen LogP contribution >= 0.6 is 0 Å². The molecule has 2 heterocycles. The smallest absolute Gasteiger partial charge is 0.489 e. The van der Waals surface area contributed by atoms with Gasteiger partial charge in [0, 0.05) is 28.8 Å². The molecule has 3 aromatic rings. The number of hydrogen-bond acceptors (Lipinski definition) is 8. The molecule has 0 radical (unpaired) electrons. The fraction of sp³-hybridized carbons (Fsp3) is 0.333. The lowest BCUT2D eigenvalue weighted by molar-refractivity contribution is -0.236. The van der Waals surface area contributed by atoms with E-state index in [-0.39, 0.29) is 30.3 Å². The Kier molecular flexibility index (Phi) is 8.55. The predicted octanol–water partition coefficient (Wildman–Crippen LogP) is 3.88. The van der Waals surface area contributed by atoms with E-state index in [9.17, 15) is 27.6 Å². The summed E-state index contributed by atoms with van der Waals surface area (Å²) in [6.07, 6.45) is -6.56. The molecule has 0 saturated carbocycles. The molecular weight excluding hydrogens is 535 g/mol.